The Balaban J connectivity index is 2.98. The zero-order chi connectivity index (χ0) is 9.68. The molecule has 0 atom stereocenters. The van der Waals surface area contributed by atoms with E-state index in [-0.39, 0.29) is 5.71 Å². The first-order valence-electron chi connectivity index (χ1n) is 3.83. The van der Waals surface area contributed by atoms with E-state index in [4.69, 9.17) is 5.11 Å². The van der Waals surface area contributed by atoms with Gasteiger partial charge >= 0.3 is 5.97 Å². The standard InChI is InChI=1S/C10H9NO2/c1-2-3-5-8-6-4-7-11-9(8)10(12)13/h4-5,7H,6H2,1H3,(H,12,13). The molecule has 13 heavy (non-hydrogen) atoms. The number of hydrogen-bond acceptors (Lipinski definition) is 2. The fraction of sp³-hybridized carbons (Fsp3) is 0.200. The van der Waals surface area contributed by atoms with E-state index in [0.29, 0.717) is 12.0 Å². The van der Waals surface area contributed by atoms with Crippen LogP contribution in [-0.2, 0) is 4.79 Å². The number of allylic oxidation sites excluding steroid dienone is 2. The molecule has 3 nitrogen and oxygen atoms in total. The van der Waals surface area contributed by atoms with E-state index in [1.807, 2.05) is 0 Å². The first-order valence-corrected chi connectivity index (χ1v) is 3.83. The molecule has 0 saturated heterocycles. The number of carboxylic acids is 1. The van der Waals surface area contributed by atoms with Crippen LogP contribution in [0, 0.1) is 11.8 Å². The average molecular weight is 175 g/mol. The van der Waals surface area contributed by atoms with Crippen LogP contribution < -0.4 is 0 Å². The van der Waals surface area contributed by atoms with Gasteiger partial charge in [0.15, 0.2) is 5.71 Å². The van der Waals surface area contributed by atoms with Gasteiger partial charge in [-0.15, -0.1) is 5.92 Å². The van der Waals surface area contributed by atoms with Crippen molar-refractivity contribution in [1.82, 2.24) is 0 Å². The highest BCUT2D eigenvalue weighted by Gasteiger charge is 2.15. The molecule has 66 valence electrons. The Labute approximate surface area is 76.5 Å². The van der Waals surface area contributed by atoms with Crippen molar-refractivity contribution >= 4 is 11.7 Å². The largest absolute Gasteiger partial charge is 0.477 e. The van der Waals surface area contributed by atoms with Crippen molar-refractivity contribution in [2.45, 2.75) is 13.3 Å². The lowest BCUT2D eigenvalue weighted by atomic mass is 10.0. The van der Waals surface area contributed by atoms with Gasteiger partial charge in [-0.05, 0) is 25.0 Å². The van der Waals surface area contributed by atoms with Crippen LogP contribution in [0.5, 0.6) is 0 Å². The molecule has 1 aliphatic heterocycles. The summed E-state index contributed by atoms with van der Waals surface area (Å²) in [5.74, 6) is 4.38. The molecule has 1 rings (SSSR count). The van der Waals surface area contributed by atoms with Gasteiger partial charge in [0.1, 0.15) is 0 Å². The molecule has 3 heteroatoms. The van der Waals surface area contributed by atoms with E-state index in [2.05, 4.69) is 16.8 Å². The maximum absolute atomic E-state index is 10.7. The molecule has 0 amide bonds. The third-order valence-electron chi connectivity index (χ3n) is 1.54. The average Bonchev–Trinajstić information content (AvgIpc) is 2.15. The SMILES string of the molecule is CC#CC=C1CC=CN=C1C(=O)O. The molecule has 0 spiro atoms. The van der Waals surface area contributed by atoms with Crippen molar-refractivity contribution in [2.75, 3.05) is 0 Å². The minimum Gasteiger partial charge on any atom is -0.477 e. The maximum atomic E-state index is 10.7. The third-order valence-corrected chi connectivity index (χ3v) is 1.54. The number of aliphatic imine (C=N–C) groups is 1. The molecule has 1 heterocycles. The van der Waals surface area contributed by atoms with Gasteiger partial charge in [-0.1, -0.05) is 12.0 Å². The third kappa shape index (κ3) is 2.31. The molecule has 0 aliphatic carbocycles. The predicted octanol–water partition coefficient (Wildman–Crippen LogP) is 1.38. The number of carbonyl (C=O) groups is 1. The molecule has 1 N–H and O–H groups in total. The second-order valence-corrected chi connectivity index (χ2v) is 2.44. The predicted molar refractivity (Wildman–Crippen MR) is 50.4 cm³/mol. The van der Waals surface area contributed by atoms with Gasteiger partial charge in [-0.2, -0.15) is 0 Å². The molecule has 0 radical (unpaired) electrons. The van der Waals surface area contributed by atoms with Crippen molar-refractivity contribution in [2.24, 2.45) is 4.99 Å². The highest BCUT2D eigenvalue weighted by Crippen LogP contribution is 2.10. The van der Waals surface area contributed by atoms with Crippen LogP contribution in [0.3, 0.4) is 0 Å². The zero-order valence-electron chi connectivity index (χ0n) is 7.24. The van der Waals surface area contributed by atoms with Crippen molar-refractivity contribution in [3.63, 3.8) is 0 Å². The Morgan fingerprint density at radius 1 is 1.77 bits per heavy atom. The van der Waals surface area contributed by atoms with Crippen molar-refractivity contribution in [1.29, 1.82) is 0 Å². The quantitative estimate of drug-likeness (QED) is 0.612. The van der Waals surface area contributed by atoms with E-state index >= 15 is 0 Å². The molecule has 0 aromatic rings. The monoisotopic (exact) mass is 175 g/mol. The van der Waals surface area contributed by atoms with Crippen LogP contribution in [0.15, 0.2) is 28.9 Å². The molecule has 0 unspecified atom stereocenters. The Morgan fingerprint density at radius 2 is 2.54 bits per heavy atom. The van der Waals surface area contributed by atoms with Gasteiger partial charge in [0.05, 0.1) is 0 Å². The van der Waals surface area contributed by atoms with Crippen molar-refractivity contribution in [3.8, 4) is 11.8 Å². The molecular formula is C10H9NO2. The Hall–Kier alpha value is -1.82. The van der Waals surface area contributed by atoms with Gasteiger partial charge in [-0.3, -0.25) is 0 Å². The van der Waals surface area contributed by atoms with E-state index in [1.54, 1.807) is 19.1 Å². The summed E-state index contributed by atoms with van der Waals surface area (Å²) >= 11 is 0. The minimum absolute atomic E-state index is 0.0882. The smallest absolute Gasteiger partial charge is 0.354 e. The van der Waals surface area contributed by atoms with Gasteiger partial charge in [0.25, 0.3) is 0 Å². The normalized spacial score (nSPS) is 17.6. The summed E-state index contributed by atoms with van der Waals surface area (Å²) in [6.07, 6.45) is 5.48. The lowest BCUT2D eigenvalue weighted by molar-refractivity contribution is -0.129. The van der Waals surface area contributed by atoms with Gasteiger partial charge in [-0.25, -0.2) is 9.79 Å². The number of rotatable bonds is 1. The molecular weight excluding hydrogens is 166 g/mol. The van der Waals surface area contributed by atoms with Crippen molar-refractivity contribution < 1.29 is 9.90 Å². The van der Waals surface area contributed by atoms with E-state index < -0.39 is 5.97 Å². The van der Waals surface area contributed by atoms with Crippen LogP contribution in [-0.4, -0.2) is 16.8 Å². The lowest BCUT2D eigenvalue weighted by Gasteiger charge is -2.05. The molecule has 1 aliphatic rings. The fourth-order valence-corrected chi connectivity index (χ4v) is 0.966. The first-order chi connectivity index (χ1) is 6.25. The summed E-state index contributed by atoms with van der Waals surface area (Å²) in [6, 6.07) is 0. The Kier molecular flexibility index (Phi) is 3.04. The van der Waals surface area contributed by atoms with Crippen LogP contribution >= 0.6 is 0 Å². The topological polar surface area (TPSA) is 49.7 Å². The summed E-state index contributed by atoms with van der Waals surface area (Å²) in [5.41, 5.74) is 0.745. The number of nitrogens with zero attached hydrogens (tertiary/aromatic N) is 1. The molecule has 0 fully saturated rings. The van der Waals surface area contributed by atoms with E-state index in [0.717, 1.165) is 0 Å². The maximum Gasteiger partial charge on any atom is 0.354 e. The fourth-order valence-electron chi connectivity index (χ4n) is 0.966. The summed E-state index contributed by atoms with van der Waals surface area (Å²) in [6.45, 7) is 1.70. The molecule has 0 aromatic carbocycles. The Morgan fingerprint density at radius 3 is 3.15 bits per heavy atom. The molecule has 0 saturated carbocycles. The van der Waals surface area contributed by atoms with Gasteiger partial charge < -0.3 is 5.11 Å². The second-order valence-electron chi connectivity index (χ2n) is 2.44. The molecule has 0 bridgehead atoms. The summed E-state index contributed by atoms with van der Waals surface area (Å²) in [7, 11) is 0. The minimum atomic E-state index is -1.01. The zero-order valence-corrected chi connectivity index (χ0v) is 7.24. The van der Waals surface area contributed by atoms with Crippen molar-refractivity contribution in [3.05, 3.63) is 23.9 Å². The highest BCUT2D eigenvalue weighted by molar-refractivity contribution is 6.43. The van der Waals surface area contributed by atoms with E-state index in [9.17, 15) is 4.79 Å². The van der Waals surface area contributed by atoms with Crippen LogP contribution in [0.2, 0.25) is 0 Å². The number of aliphatic carboxylic acids is 1. The Bertz CT molecular complexity index is 364. The van der Waals surface area contributed by atoms with E-state index in [1.165, 1.54) is 6.20 Å². The number of hydrogen-bond donors (Lipinski definition) is 1. The lowest BCUT2D eigenvalue weighted by Crippen LogP contribution is -2.16. The first kappa shape index (κ1) is 9.27. The summed E-state index contributed by atoms with van der Waals surface area (Å²) in [4.78, 5) is 14.4. The number of carboxylic acid groups (broad SMARTS) is 1. The highest BCUT2D eigenvalue weighted by atomic mass is 16.4. The molecule has 0 aromatic heterocycles. The van der Waals surface area contributed by atoms with Gasteiger partial charge in [0, 0.05) is 6.20 Å². The second kappa shape index (κ2) is 4.27. The summed E-state index contributed by atoms with van der Waals surface area (Å²) < 4.78 is 0. The summed E-state index contributed by atoms with van der Waals surface area (Å²) in [5, 5.41) is 8.75. The van der Waals surface area contributed by atoms with Crippen LogP contribution in [0.25, 0.3) is 0 Å². The van der Waals surface area contributed by atoms with Gasteiger partial charge in [0.2, 0.25) is 0 Å². The van der Waals surface area contributed by atoms with Crippen LogP contribution in [0.4, 0.5) is 0 Å². The van der Waals surface area contributed by atoms with Crippen LogP contribution in [0.1, 0.15) is 13.3 Å².